The van der Waals surface area contributed by atoms with Crippen LogP contribution < -0.4 is 15.0 Å². The van der Waals surface area contributed by atoms with E-state index in [2.05, 4.69) is 5.32 Å². The predicted molar refractivity (Wildman–Crippen MR) is 113 cm³/mol. The van der Waals surface area contributed by atoms with Gasteiger partial charge in [-0.15, -0.1) is 11.8 Å². The Balaban J connectivity index is 1.55. The number of rotatable bonds is 5. The van der Waals surface area contributed by atoms with E-state index in [-0.39, 0.29) is 23.1 Å². The van der Waals surface area contributed by atoms with E-state index in [0.29, 0.717) is 5.75 Å². The standard InChI is InChI=1S/C22H24N2O3S/c1-27-19-11-9-18(10-12-19)24-20(25)14-28-22(24)16-7-4-8-17(13-16)23-21(26)15-5-2-3-6-15/h4,7-13,15,22H,2-3,5-6,14H2,1H3,(H,23,26)/t22-/m0/s1. The molecule has 4 rings (SSSR count). The molecule has 2 aromatic carbocycles. The predicted octanol–water partition coefficient (Wildman–Crippen LogP) is 4.60. The number of hydrogen-bond donors (Lipinski definition) is 1. The van der Waals surface area contributed by atoms with Crippen LogP contribution in [0, 0.1) is 5.92 Å². The number of nitrogens with zero attached hydrogens (tertiary/aromatic N) is 1. The summed E-state index contributed by atoms with van der Waals surface area (Å²) in [5.41, 5.74) is 2.65. The van der Waals surface area contributed by atoms with E-state index < -0.39 is 0 Å². The zero-order valence-electron chi connectivity index (χ0n) is 15.9. The van der Waals surface area contributed by atoms with Crippen molar-refractivity contribution in [2.45, 2.75) is 31.1 Å². The van der Waals surface area contributed by atoms with E-state index in [1.54, 1.807) is 18.9 Å². The molecule has 2 aromatic rings. The van der Waals surface area contributed by atoms with E-state index >= 15 is 0 Å². The van der Waals surface area contributed by atoms with Crippen molar-refractivity contribution >= 4 is 35.0 Å². The average molecular weight is 397 g/mol. The fourth-order valence-corrected chi connectivity index (χ4v) is 5.06. The summed E-state index contributed by atoms with van der Waals surface area (Å²) in [6.07, 6.45) is 4.22. The zero-order valence-corrected chi connectivity index (χ0v) is 16.7. The van der Waals surface area contributed by atoms with Gasteiger partial charge in [0.05, 0.1) is 12.9 Å². The minimum atomic E-state index is -0.107. The van der Waals surface area contributed by atoms with Gasteiger partial charge in [-0.05, 0) is 54.8 Å². The van der Waals surface area contributed by atoms with E-state index in [1.807, 2.05) is 53.4 Å². The van der Waals surface area contributed by atoms with Crippen LogP contribution >= 0.6 is 11.8 Å². The number of amides is 2. The molecule has 1 saturated heterocycles. The van der Waals surface area contributed by atoms with Gasteiger partial charge in [0.25, 0.3) is 0 Å². The number of nitrogens with one attached hydrogen (secondary N) is 1. The largest absolute Gasteiger partial charge is 0.497 e. The molecule has 2 amide bonds. The fourth-order valence-electron chi connectivity index (χ4n) is 3.89. The Hall–Kier alpha value is -2.47. The molecule has 0 spiro atoms. The highest BCUT2D eigenvalue weighted by Gasteiger charge is 2.34. The summed E-state index contributed by atoms with van der Waals surface area (Å²) in [6.45, 7) is 0. The summed E-state index contributed by atoms with van der Waals surface area (Å²) in [6, 6.07) is 15.4. The van der Waals surface area contributed by atoms with Crippen LogP contribution in [0.3, 0.4) is 0 Å². The Bertz CT molecular complexity index is 862. The maximum Gasteiger partial charge on any atom is 0.238 e. The first kappa shape index (κ1) is 18.9. The molecule has 0 aromatic heterocycles. The number of benzene rings is 2. The molecule has 146 valence electrons. The molecule has 28 heavy (non-hydrogen) atoms. The minimum Gasteiger partial charge on any atom is -0.497 e. The lowest BCUT2D eigenvalue weighted by Crippen LogP contribution is -2.27. The van der Waals surface area contributed by atoms with Gasteiger partial charge >= 0.3 is 0 Å². The van der Waals surface area contributed by atoms with Gasteiger partial charge in [0.15, 0.2) is 0 Å². The number of methoxy groups -OCH3 is 1. The SMILES string of the molecule is COc1ccc(N2C(=O)CS[C@H]2c2cccc(NC(=O)C3CCCC3)c2)cc1. The maximum atomic E-state index is 12.6. The maximum absolute atomic E-state index is 12.6. The van der Waals surface area contributed by atoms with Crippen molar-refractivity contribution in [1.82, 2.24) is 0 Å². The van der Waals surface area contributed by atoms with Gasteiger partial charge < -0.3 is 10.1 Å². The van der Waals surface area contributed by atoms with E-state index in [0.717, 1.165) is 48.4 Å². The first-order valence-corrected chi connectivity index (χ1v) is 10.7. The van der Waals surface area contributed by atoms with Crippen molar-refractivity contribution in [1.29, 1.82) is 0 Å². The van der Waals surface area contributed by atoms with Gasteiger partial charge in [-0.1, -0.05) is 25.0 Å². The Kier molecular flexibility index (Phi) is 5.57. The van der Waals surface area contributed by atoms with E-state index in [9.17, 15) is 9.59 Å². The Morgan fingerprint density at radius 1 is 1.14 bits per heavy atom. The van der Waals surface area contributed by atoms with Crippen molar-refractivity contribution in [2.24, 2.45) is 5.92 Å². The summed E-state index contributed by atoms with van der Waals surface area (Å²) >= 11 is 1.60. The van der Waals surface area contributed by atoms with Crippen LogP contribution in [0.25, 0.3) is 0 Å². The molecule has 0 bridgehead atoms. The number of anilines is 2. The van der Waals surface area contributed by atoms with Crippen molar-refractivity contribution < 1.29 is 14.3 Å². The highest BCUT2D eigenvalue weighted by Crippen LogP contribution is 2.42. The molecule has 0 unspecified atom stereocenters. The van der Waals surface area contributed by atoms with Gasteiger partial charge in [-0.25, -0.2) is 0 Å². The van der Waals surface area contributed by atoms with Gasteiger partial charge in [-0.3, -0.25) is 14.5 Å². The number of carbonyl (C=O) groups excluding carboxylic acids is 2. The highest BCUT2D eigenvalue weighted by atomic mass is 32.2. The van der Waals surface area contributed by atoms with Gasteiger partial charge in [0.1, 0.15) is 11.1 Å². The zero-order chi connectivity index (χ0) is 19.5. The molecule has 2 fully saturated rings. The summed E-state index contributed by atoms with van der Waals surface area (Å²) in [5, 5.41) is 2.95. The van der Waals surface area contributed by atoms with E-state index in [4.69, 9.17) is 4.74 Å². The lowest BCUT2D eigenvalue weighted by Gasteiger charge is -2.25. The smallest absolute Gasteiger partial charge is 0.238 e. The second-order valence-corrected chi connectivity index (χ2v) is 8.29. The van der Waals surface area contributed by atoms with Crippen LogP contribution in [0.4, 0.5) is 11.4 Å². The van der Waals surface area contributed by atoms with Gasteiger partial charge in [0, 0.05) is 17.3 Å². The number of hydrogen-bond acceptors (Lipinski definition) is 4. The van der Waals surface area contributed by atoms with Gasteiger partial charge in [-0.2, -0.15) is 0 Å². The average Bonchev–Trinajstić information content (AvgIpc) is 3.38. The van der Waals surface area contributed by atoms with Crippen LogP contribution in [0.5, 0.6) is 5.75 Å². The lowest BCUT2D eigenvalue weighted by molar-refractivity contribution is -0.119. The molecule has 1 aliphatic carbocycles. The molecule has 0 radical (unpaired) electrons. The normalized spacial score (nSPS) is 19.8. The van der Waals surface area contributed by atoms with Crippen molar-refractivity contribution in [3.05, 3.63) is 54.1 Å². The van der Waals surface area contributed by atoms with Gasteiger partial charge in [0.2, 0.25) is 11.8 Å². The third-order valence-corrected chi connectivity index (χ3v) is 6.60. The monoisotopic (exact) mass is 396 g/mol. The molecule has 1 aliphatic heterocycles. The second kappa shape index (κ2) is 8.27. The Morgan fingerprint density at radius 3 is 2.61 bits per heavy atom. The number of ether oxygens (including phenoxy) is 1. The first-order valence-electron chi connectivity index (χ1n) is 9.64. The first-order chi connectivity index (χ1) is 13.7. The van der Waals surface area contributed by atoms with Crippen LogP contribution in [0.15, 0.2) is 48.5 Å². The molecule has 1 heterocycles. The lowest BCUT2D eigenvalue weighted by atomic mass is 10.1. The number of carbonyl (C=O) groups is 2. The van der Waals surface area contributed by atoms with Crippen LogP contribution in [0.2, 0.25) is 0 Å². The third kappa shape index (κ3) is 3.87. The number of thioether (sulfide) groups is 1. The van der Waals surface area contributed by atoms with Crippen LogP contribution in [-0.2, 0) is 9.59 Å². The molecule has 1 atom stereocenters. The Labute approximate surface area is 169 Å². The molecule has 5 nitrogen and oxygen atoms in total. The summed E-state index contributed by atoms with van der Waals surface area (Å²) in [4.78, 5) is 26.8. The molecule has 1 saturated carbocycles. The summed E-state index contributed by atoms with van der Waals surface area (Å²) in [7, 11) is 1.63. The van der Waals surface area contributed by atoms with Crippen LogP contribution in [-0.4, -0.2) is 24.7 Å². The molecule has 1 N–H and O–H groups in total. The van der Waals surface area contributed by atoms with Crippen LogP contribution in [0.1, 0.15) is 36.6 Å². The molecular weight excluding hydrogens is 372 g/mol. The quantitative estimate of drug-likeness (QED) is 0.802. The summed E-state index contributed by atoms with van der Waals surface area (Å²) < 4.78 is 5.22. The summed E-state index contributed by atoms with van der Waals surface area (Å²) in [5.74, 6) is 1.52. The second-order valence-electron chi connectivity index (χ2n) is 7.22. The Morgan fingerprint density at radius 2 is 1.89 bits per heavy atom. The molecular formula is C22H24N2O3S. The minimum absolute atomic E-state index is 0.0839. The van der Waals surface area contributed by atoms with Crippen molar-refractivity contribution in [3.63, 3.8) is 0 Å². The van der Waals surface area contributed by atoms with Crippen molar-refractivity contribution in [2.75, 3.05) is 23.1 Å². The third-order valence-electron chi connectivity index (χ3n) is 5.38. The topological polar surface area (TPSA) is 58.6 Å². The van der Waals surface area contributed by atoms with Crippen molar-refractivity contribution in [3.8, 4) is 5.75 Å². The fraction of sp³-hybridized carbons (Fsp3) is 0.364. The molecule has 6 heteroatoms. The highest BCUT2D eigenvalue weighted by molar-refractivity contribution is 8.00. The molecule has 2 aliphatic rings. The van der Waals surface area contributed by atoms with E-state index in [1.165, 1.54) is 0 Å².